The lowest BCUT2D eigenvalue weighted by Gasteiger charge is -2.23. The van der Waals surface area contributed by atoms with Crippen LogP contribution in [0.15, 0.2) is 18.2 Å². The van der Waals surface area contributed by atoms with Gasteiger partial charge in [0.2, 0.25) is 0 Å². The zero-order valence-electron chi connectivity index (χ0n) is 9.63. The summed E-state index contributed by atoms with van der Waals surface area (Å²) in [4.78, 5) is 2.04. The minimum Gasteiger partial charge on any atom is -0.374 e. The molecule has 0 spiro atoms. The van der Waals surface area contributed by atoms with Crippen LogP contribution in [0.2, 0.25) is 0 Å². The van der Waals surface area contributed by atoms with Crippen molar-refractivity contribution in [3.8, 4) is 0 Å². The van der Waals surface area contributed by atoms with E-state index in [0.29, 0.717) is 5.56 Å². The van der Waals surface area contributed by atoms with Gasteiger partial charge in [0.05, 0.1) is 0 Å². The summed E-state index contributed by atoms with van der Waals surface area (Å²) in [7, 11) is 1.96. The van der Waals surface area contributed by atoms with Gasteiger partial charge in [-0.1, -0.05) is 13.0 Å². The van der Waals surface area contributed by atoms with Crippen molar-refractivity contribution in [3.63, 3.8) is 0 Å². The molecule has 0 bridgehead atoms. The molecule has 1 atom stereocenters. The molecule has 3 heteroatoms. The van der Waals surface area contributed by atoms with Crippen molar-refractivity contribution in [2.75, 3.05) is 18.5 Å². The maximum Gasteiger partial charge on any atom is 0.130 e. The summed E-state index contributed by atoms with van der Waals surface area (Å²) in [6, 6.07) is 4.82. The fourth-order valence-corrected chi connectivity index (χ4v) is 1.77. The molecule has 2 N–H and O–H groups in total. The summed E-state index contributed by atoms with van der Waals surface area (Å²) in [5, 5.41) is 0. The quantitative estimate of drug-likeness (QED) is 0.828. The van der Waals surface area contributed by atoms with Crippen molar-refractivity contribution in [3.05, 3.63) is 29.6 Å². The van der Waals surface area contributed by atoms with E-state index in [1.807, 2.05) is 24.9 Å². The molecule has 0 heterocycles. The van der Waals surface area contributed by atoms with Crippen LogP contribution in [-0.4, -0.2) is 13.6 Å². The molecule has 0 amide bonds. The Hall–Kier alpha value is -1.09. The molecule has 1 aromatic carbocycles. The van der Waals surface area contributed by atoms with Gasteiger partial charge >= 0.3 is 0 Å². The largest absolute Gasteiger partial charge is 0.374 e. The van der Waals surface area contributed by atoms with E-state index in [4.69, 9.17) is 5.73 Å². The topological polar surface area (TPSA) is 29.3 Å². The third-order valence-electron chi connectivity index (χ3n) is 2.46. The van der Waals surface area contributed by atoms with Crippen LogP contribution in [0.1, 0.15) is 31.9 Å². The summed E-state index contributed by atoms with van der Waals surface area (Å²) in [6.45, 7) is 4.81. The van der Waals surface area contributed by atoms with Gasteiger partial charge in [0.25, 0.3) is 0 Å². The minimum atomic E-state index is -0.277. The van der Waals surface area contributed by atoms with Crippen LogP contribution in [-0.2, 0) is 0 Å². The standard InChI is InChI=1S/C12H19FN2/c1-4-8-15(3)11-7-5-6-10(13)12(11)9(2)14/h5-7,9H,4,8,14H2,1-3H3. The normalized spacial score (nSPS) is 12.6. The van der Waals surface area contributed by atoms with E-state index in [9.17, 15) is 4.39 Å². The smallest absolute Gasteiger partial charge is 0.130 e. The molecule has 0 aliphatic carbocycles. The number of hydrogen-bond donors (Lipinski definition) is 1. The van der Waals surface area contributed by atoms with Crippen molar-refractivity contribution >= 4 is 5.69 Å². The minimum absolute atomic E-state index is 0.217. The lowest BCUT2D eigenvalue weighted by molar-refractivity contribution is 0.592. The number of halogens is 1. The van der Waals surface area contributed by atoms with E-state index in [1.165, 1.54) is 6.07 Å². The van der Waals surface area contributed by atoms with Crippen molar-refractivity contribution in [1.29, 1.82) is 0 Å². The van der Waals surface area contributed by atoms with Crippen LogP contribution in [0.4, 0.5) is 10.1 Å². The van der Waals surface area contributed by atoms with E-state index < -0.39 is 0 Å². The Kier molecular flexibility index (Phi) is 4.09. The molecule has 2 nitrogen and oxygen atoms in total. The first-order valence-electron chi connectivity index (χ1n) is 5.33. The second kappa shape index (κ2) is 5.12. The van der Waals surface area contributed by atoms with Crippen LogP contribution in [0.25, 0.3) is 0 Å². The average molecular weight is 210 g/mol. The molecule has 0 aromatic heterocycles. The predicted octanol–water partition coefficient (Wildman–Crippen LogP) is 2.69. The van der Waals surface area contributed by atoms with Crippen LogP contribution in [0, 0.1) is 5.82 Å². The van der Waals surface area contributed by atoms with Gasteiger partial charge in [-0.05, 0) is 25.5 Å². The first-order valence-corrected chi connectivity index (χ1v) is 5.33. The van der Waals surface area contributed by atoms with Crippen LogP contribution >= 0.6 is 0 Å². The molecule has 1 unspecified atom stereocenters. The highest BCUT2D eigenvalue weighted by Gasteiger charge is 2.14. The first kappa shape index (κ1) is 12.0. The van der Waals surface area contributed by atoms with Gasteiger partial charge in [0.15, 0.2) is 0 Å². The van der Waals surface area contributed by atoms with Gasteiger partial charge in [-0.2, -0.15) is 0 Å². The summed E-state index contributed by atoms with van der Waals surface area (Å²) in [5.41, 5.74) is 7.28. The van der Waals surface area contributed by atoms with Crippen LogP contribution in [0.3, 0.4) is 0 Å². The van der Waals surface area contributed by atoms with E-state index >= 15 is 0 Å². The van der Waals surface area contributed by atoms with Crippen molar-refractivity contribution < 1.29 is 4.39 Å². The highest BCUT2D eigenvalue weighted by atomic mass is 19.1. The number of benzene rings is 1. The average Bonchev–Trinajstić information content (AvgIpc) is 2.17. The number of nitrogens with two attached hydrogens (primary N) is 1. The van der Waals surface area contributed by atoms with E-state index in [2.05, 4.69) is 6.92 Å². The molecule has 0 fully saturated rings. The summed E-state index contributed by atoms with van der Waals surface area (Å²) < 4.78 is 13.6. The second-order valence-corrected chi connectivity index (χ2v) is 3.88. The Labute approximate surface area is 90.9 Å². The van der Waals surface area contributed by atoms with Crippen molar-refractivity contribution in [1.82, 2.24) is 0 Å². The molecular formula is C12H19FN2. The molecule has 84 valence electrons. The number of nitrogens with zero attached hydrogens (tertiary/aromatic N) is 1. The highest BCUT2D eigenvalue weighted by molar-refractivity contribution is 5.54. The summed E-state index contributed by atoms with van der Waals surface area (Å²) >= 11 is 0. The Morgan fingerprint density at radius 2 is 2.13 bits per heavy atom. The Bertz CT molecular complexity index is 323. The maximum atomic E-state index is 13.6. The Balaban J connectivity index is 3.10. The molecule has 0 aliphatic heterocycles. The molecule has 0 saturated carbocycles. The second-order valence-electron chi connectivity index (χ2n) is 3.88. The fourth-order valence-electron chi connectivity index (χ4n) is 1.77. The number of hydrogen-bond acceptors (Lipinski definition) is 2. The van der Waals surface area contributed by atoms with Crippen LogP contribution in [0.5, 0.6) is 0 Å². The molecule has 0 radical (unpaired) electrons. The molecule has 0 aliphatic rings. The van der Waals surface area contributed by atoms with E-state index in [0.717, 1.165) is 18.7 Å². The van der Waals surface area contributed by atoms with Gasteiger partial charge in [0, 0.05) is 30.9 Å². The van der Waals surface area contributed by atoms with Crippen LogP contribution < -0.4 is 10.6 Å². The zero-order chi connectivity index (χ0) is 11.4. The predicted molar refractivity (Wildman–Crippen MR) is 62.6 cm³/mol. The number of anilines is 1. The molecule has 15 heavy (non-hydrogen) atoms. The van der Waals surface area contributed by atoms with Gasteiger partial charge in [-0.15, -0.1) is 0 Å². The molecule has 1 rings (SSSR count). The lowest BCUT2D eigenvalue weighted by atomic mass is 10.1. The van der Waals surface area contributed by atoms with E-state index in [-0.39, 0.29) is 11.9 Å². The molecule has 1 aromatic rings. The Morgan fingerprint density at radius 1 is 1.47 bits per heavy atom. The van der Waals surface area contributed by atoms with E-state index in [1.54, 1.807) is 6.07 Å². The van der Waals surface area contributed by atoms with Gasteiger partial charge in [-0.25, -0.2) is 4.39 Å². The van der Waals surface area contributed by atoms with Crippen molar-refractivity contribution in [2.24, 2.45) is 5.73 Å². The van der Waals surface area contributed by atoms with Gasteiger partial charge in [0.1, 0.15) is 5.82 Å². The highest BCUT2D eigenvalue weighted by Crippen LogP contribution is 2.27. The SMILES string of the molecule is CCCN(C)c1cccc(F)c1C(C)N. The first-order chi connectivity index (χ1) is 7.07. The van der Waals surface area contributed by atoms with Gasteiger partial charge in [-0.3, -0.25) is 0 Å². The molecular weight excluding hydrogens is 191 g/mol. The lowest BCUT2D eigenvalue weighted by Crippen LogP contribution is -2.22. The monoisotopic (exact) mass is 210 g/mol. The Morgan fingerprint density at radius 3 is 2.67 bits per heavy atom. The summed E-state index contributed by atoms with van der Waals surface area (Å²) in [5.74, 6) is -0.217. The van der Waals surface area contributed by atoms with Gasteiger partial charge < -0.3 is 10.6 Å². The van der Waals surface area contributed by atoms with Crippen molar-refractivity contribution in [2.45, 2.75) is 26.3 Å². The third-order valence-corrected chi connectivity index (χ3v) is 2.46. The summed E-state index contributed by atoms with van der Waals surface area (Å²) in [6.07, 6.45) is 1.03. The fraction of sp³-hybridized carbons (Fsp3) is 0.500. The number of rotatable bonds is 4. The maximum absolute atomic E-state index is 13.6. The molecule has 0 saturated heterocycles. The third kappa shape index (κ3) is 2.69. The zero-order valence-corrected chi connectivity index (χ0v) is 9.63.